The van der Waals surface area contributed by atoms with Crippen molar-refractivity contribution in [2.75, 3.05) is 37.8 Å². The number of hydrogen-bond acceptors (Lipinski definition) is 7. The fraction of sp³-hybridized carbons (Fsp3) is 0.553. The molecule has 5 atom stereocenters. The fourth-order valence-corrected chi connectivity index (χ4v) is 8.97. The monoisotopic (exact) mass is 698 g/mol. The van der Waals surface area contributed by atoms with Crippen LogP contribution in [0.3, 0.4) is 0 Å². The van der Waals surface area contributed by atoms with E-state index in [4.69, 9.17) is 21.1 Å². The quantitative estimate of drug-likeness (QED) is 0.193. The molecule has 5 rings (SSSR count). The number of carbonyl (C=O) groups excluding carboxylic acids is 1. The summed E-state index contributed by atoms with van der Waals surface area (Å²) in [5.41, 5.74) is 3.19. The molecular formula is C38H51ClN2O6S. The Balaban J connectivity index is 1.46. The molecule has 0 radical (unpaired) electrons. The number of fused-ring (bicyclic) bond motifs is 3. The van der Waals surface area contributed by atoms with Crippen LogP contribution in [0.25, 0.3) is 0 Å². The van der Waals surface area contributed by atoms with Crippen LogP contribution >= 0.6 is 11.6 Å². The molecule has 0 unspecified atom stereocenters. The number of halogens is 1. The van der Waals surface area contributed by atoms with Crippen LogP contribution in [0.2, 0.25) is 5.02 Å². The van der Waals surface area contributed by atoms with Crippen molar-refractivity contribution in [2.24, 2.45) is 11.8 Å². The van der Waals surface area contributed by atoms with Gasteiger partial charge in [-0.25, -0.2) is 13.1 Å². The van der Waals surface area contributed by atoms with Gasteiger partial charge in [-0.1, -0.05) is 49.2 Å². The van der Waals surface area contributed by atoms with Gasteiger partial charge in [-0.3, -0.25) is 4.79 Å². The summed E-state index contributed by atoms with van der Waals surface area (Å²) in [5, 5.41) is 10.9. The van der Waals surface area contributed by atoms with E-state index in [2.05, 4.69) is 41.3 Å². The maximum Gasteiger partial charge on any atom is 0.264 e. The molecule has 10 heteroatoms. The lowest BCUT2D eigenvalue weighted by Crippen LogP contribution is -2.49. The van der Waals surface area contributed by atoms with Crippen LogP contribution in [0.4, 0.5) is 5.69 Å². The molecule has 2 aromatic carbocycles. The molecule has 1 heterocycles. The molecule has 2 aliphatic carbocycles. The molecule has 8 nitrogen and oxygen atoms in total. The van der Waals surface area contributed by atoms with Crippen molar-refractivity contribution in [1.82, 2.24) is 4.72 Å². The van der Waals surface area contributed by atoms with Crippen molar-refractivity contribution in [2.45, 2.75) is 88.4 Å². The van der Waals surface area contributed by atoms with Crippen molar-refractivity contribution in [3.8, 4) is 5.75 Å². The second-order valence-electron chi connectivity index (χ2n) is 13.6. The first-order valence-corrected chi connectivity index (χ1v) is 19.4. The Morgan fingerprint density at radius 2 is 2.06 bits per heavy atom. The molecule has 2 aromatic rings. The first-order chi connectivity index (χ1) is 23.1. The summed E-state index contributed by atoms with van der Waals surface area (Å²) in [6.07, 6.45) is 12.8. The largest absolute Gasteiger partial charge is 0.490 e. The number of sulfonamides is 1. The number of unbranched alkanes of at least 4 members (excludes halogenated alkanes) is 1. The number of nitrogens with zero attached hydrogens (tertiary/aromatic N) is 1. The number of aryl methyl sites for hydroxylation is 1. The van der Waals surface area contributed by atoms with Crippen LogP contribution in [-0.2, 0) is 26.6 Å². The van der Waals surface area contributed by atoms with Gasteiger partial charge in [-0.05, 0) is 112 Å². The number of allylic oxidation sites excluding steroid dienone is 2. The van der Waals surface area contributed by atoms with E-state index in [0.717, 1.165) is 55.7 Å². The van der Waals surface area contributed by atoms with Gasteiger partial charge in [0.2, 0.25) is 10.0 Å². The number of hydrogen-bond donors (Lipinski definition) is 2. The standard InChI is InChI=1S/C38H51ClN2O6S/c1-4-7-9-13-35(42)32-17-14-29(32)23-41-25-38(20-10-11-27-21-30(39)16-18-33(27)38)26-47-36-19-15-28(22-34(36)41)37(43)40-48(44,45)31(12-8-5-2)24-46-6-3/h5,9,13,15-16,18-19,21-22,29,31-32,35,42H,2,4,6-8,10-12,14,17,20,23-26H2,1,3H3,(H,40,43)/b13-9+/t29-,31-,32+,35-,38-/m0/s1. The number of benzene rings is 2. The maximum atomic E-state index is 13.6. The Hall–Kier alpha value is -2.85. The summed E-state index contributed by atoms with van der Waals surface area (Å²) >= 11 is 6.42. The van der Waals surface area contributed by atoms with Gasteiger partial charge in [0, 0.05) is 35.7 Å². The van der Waals surface area contributed by atoms with Crippen molar-refractivity contribution >= 4 is 33.2 Å². The van der Waals surface area contributed by atoms with Crippen LogP contribution in [0.15, 0.2) is 61.2 Å². The summed E-state index contributed by atoms with van der Waals surface area (Å²) in [5.74, 6) is 0.373. The number of aliphatic hydroxyl groups excluding tert-OH is 1. The molecule has 0 aromatic heterocycles. The van der Waals surface area contributed by atoms with Gasteiger partial charge in [-0.15, -0.1) is 6.58 Å². The summed E-state index contributed by atoms with van der Waals surface area (Å²) in [4.78, 5) is 15.9. The Morgan fingerprint density at radius 3 is 2.79 bits per heavy atom. The molecule has 48 heavy (non-hydrogen) atoms. The summed E-state index contributed by atoms with van der Waals surface area (Å²) < 4.78 is 41.0. The highest BCUT2D eigenvalue weighted by Crippen LogP contribution is 2.46. The molecule has 3 aliphatic rings. The van der Waals surface area contributed by atoms with Crippen LogP contribution in [0.5, 0.6) is 5.75 Å². The number of amides is 1. The third kappa shape index (κ3) is 8.29. The van der Waals surface area contributed by atoms with E-state index in [9.17, 15) is 18.3 Å². The van der Waals surface area contributed by atoms with E-state index in [1.165, 1.54) is 11.1 Å². The van der Waals surface area contributed by atoms with E-state index in [1.54, 1.807) is 31.2 Å². The smallest absolute Gasteiger partial charge is 0.264 e. The van der Waals surface area contributed by atoms with Crippen LogP contribution in [-0.4, -0.2) is 63.7 Å². The van der Waals surface area contributed by atoms with E-state index in [1.807, 2.05) is 12.1 Å². The van der Waals surface area contributed by atoms with Crippen LogP contribution < -0.4 is 14.4 Å². The number of rotatable bonds is 15. The number of nitrogens with one attached hydrogen (secondary N) is 1. The second kappa shape index (κ2) is 16.2. The number of ether oxygens (including phenoxy) is 2. The van der Waals surface area contributed by atoms with E-state index in [-0.39, 0.29) is 29.4 Å². The SMILES string of the molecule is C=CCC[C@@H](COCC)S(=O)(=O)NC(=O)c1ccc2c(c1)N(C[C@@H]1CC[C@H]1[C@@H](O)/C=C/CCC)C[C@@]1(CCCc3cc(Cl)ccc31)CO2. The van der Waals surface area contributed by atoms with Crippen molar-refractivity contribution in [1.29, 1.82) is 0 Å². The first-order valence-electron chi connectivity index (χ1n) is 17.5. The van der Waals surface area contributed by atoms with Gasteiger partial charge < -0.3 is 19.5 Å². The fourth-order valence-electron chi connectivity index (χ4n) is 7.51. The van der Waals surface area contributed by atoms with Gasteiger partial charge in [0.25, 0.3) is 5.91 Å². The molecular weight excluding hydrogens is 648 g/mol. The minimum Gasteiger partial charge on any atom is -0.490 e. The maximum absolute atomic E-state index is 13.6. The molecule has 1 fully saturated rings. The lowest BCUT2D eigenvalue weighted by Gasteiger charge is -2.45. The topological polar surface area (TPSA) is 105 Å². The summed E-state index contributed by atoms with van der Waals surface area (Å²) in [6.45, 7) is 9.84. The van der Waals surface area contributed by atoms with Crippen molar-refractivity contribution in [3.63, 3.8) is 0 Å². The Morgan fingerprint density at radius 1 is 1.23 bits per heavy atom. The van der Waals surface area contributed by atoms with Crippen LogP contribution in [0.1, 0.15) is 86.7 Å². The predicted molar refractivity (Wildman–Crippen MR) is 193 cm³/mol. The highest BCUT2D eigenvalue weighted by atomic mass is 35.5. The second-order valence-corrected chi connectivity index (χ2v) is 16.0. The first kappa shape index (κ1) is 36.4. The van der Waals surface area contributed by atoms with Crippen LogP contribution in [0, 0.1) is 11.8 Å². The molecule has 1 amide bonds. The lowest BCUT2D eigenvalue weighted by atomic mass is 9.68. The molecule has 2 N–H and O–H groups in total. The zero-order chi connectivity index (χ0) is 34.3. The molecule has 1 aliphatic heterocycles. The minimum atomic E-state index is -4.02. The van der Waals surface area contributed by atoms with Crippen molar-refractivity contribution < 1.29 is 27.8 Å². The van der Waals surface area contributed by atoms with Crippen molar-refractivity contribution in [3.05, 3.63) is 82.9 Å². The Bertz CT molecular complexity index is 1580. The summed E-state index contributed by atoms with van der Waals surface area (Å²) in [7, 11) is -4.02. The normalized spacial score (nSPS) is 23.4. The zero-order valence-corrected chi connectivity index (χ0v) is 29.9. The predicted octanol–water partition coefficient (Wildman–Crippen LogP) is 6.99. The lowest BCUT2D eigenvalue weighted by molar-refractivity contribution is 0.0456. The average molecular weight is 699 g/mol. The molecule has 1 spiro atoms. The summed E-state index contributed by atoms with van der Waals surface area (Å²) in [6, 6.07) is 11.3. The van der Waals surface area contributed by atoms with E-state index < -0.39 is 27.3 Å². The molecule has 262 valence electrons. The number of carbonyl (C=O) groups is 1. The van der Waals surface area contributed by atoms with E-state index >= 15 is 0 Å². The van der Waals surface area contributed by atoms with Gasteiger partial charge in [0.1, 0.15) is 11.0 Å². The number of aliphatic hydroxyl groups is 1. The minimum absolute atomic E-state index is 0.00440. The average Bonchev–Trinajstić information content (AvgIpc) is 3.19. The third-order valence-electron chi connectivity index (χ3n) is 10.3. The highest BCUT2D eigenvalue weighted by Gasteiger charge is 2.44. The Labute approximate surface area is 291 Å². The molecule has 0 bridgehead atoms. The highest BCUT2D eigenvalue weighted by molar-refractivity contribution is 7.90. The molecule has 0 saturated heterocycles. The number of anilines is 1. The molecule has 1 saturated carbocycles. The van der Waals surface area contributed by atoms with Gasteiger partial charge in [0.05, 0.1) is 25.0 Å². The third-order valence-corrected chi connectivity index (χ3v) is 12.3. The van der Waals surface area contributed by atoms with Gasteiger partial charge in [-0.2, -0.15) is 0 Å². The van der Waals surface area contributed by atoms with Gasteiger partial charge >= 0.3 is 0 Å². The van der Waals surface area contributed by atoms with Gasteiger partial charge in [0.15, 0.2) is 0 Å². The zero-order valence-electron chi connectivity index (χ0n) is 28.3. The van der Waals surface area contributed by atoms with E-state index in [0.29, 0.717) is 44.9 Å². The Kier molecular flexibility index (Phi) is 12.3.